The van der Waals surface area contributed by atoms with E-state index in [1.54, 1.807) is 18.2 Å². The van der Waals surface area contributed by atoms with Crippen molar-refractivity contribution in [3.63, 3.8) is 0 Å². The van der Waals surface area contributed by atoms with E-state index in [0.717, 1.165) is 16.4 Å². The Morgan fingerprint density at radius 1 is 1.26 bits per heavy atom. The minimum Gasteiger partial charge on any atom is -0.371 e. The van der Waals surface area contributed by atoms with Gasteiger partial charge in [-0.05, 0) is 47.0 Å². The van der Waals surface area contributed by atoms with Crippen molar-refractivity contribution in [2.45, 2.75) is 19.0 Å². The summed E-state index contributed by atoms with van der Waals surface area (Å²) in [6, 6.07) is 5.11. The molecular formula is C13H13BrF3NO. The van der Waals surface area contributed by atoms with Crippen LogP contribution in [0.1, 0.15) is 23.2 Å². The van der Waals surface area contributed by atoms with Crippen molar-refractivity contribution in [2.75, 3.05) is 18.0 Å². The molecule has 2 nitrogen and oxygen atoms in total. The highest BCUT2D eigenvalue weighted by molar-refractivity contribution is 9.10. The van der Waals surface area contributed by atoms with E-state index in [2.05, 4.69) is 15.9 Å². The maximum Gasteiger partial charge on any atom is 0.391 e. The first-order valence-corrected chi connectivity index (χ1v) is 6.77. The van der Waals surface area contributed by atoms with Crippen LogP contribution in [0.2, 0.25) is 0 Å². The van der Waals surface area contributed by atoms with Crippen molar-refractivity contribution in [3.05, 3.63) is 28.2 Å². The molecule has 0 atom stereocenters. The van der Waals surface area contributed by atoms with E-state index in [9.17, 15) is 18.0 Å². The highest BCUT2D eigenvalue weighted by Crippen LogP contribution is 2.37. The summed E-state index contributed by atoms with van der Waals surface area (Å²) in [5.74, 6) is -1.20. The standard InChI is InChI=1S/C13H13BrF3NO/c14-11-7-9(8-19)1-2-12(11)18-5-3-10(4-6-18)13(15,16)17/h1-2,7-8,10H,3-6H2. The molecule has 1 aromatic carbocycles. The zero-order chi connectivity index (χ0) is 14.0. The molecule has 1 heterocycles. The number of benzene rings is 1. The van der Waals surface area contributed by atoms with Crippen LogP contribution in [0.5, 0.6) is 0 Å². The maximum absolute atomic E-state index is 12.6. The number of halogens is 4. The fourth-order valence-electron chi connectivity index (χ4n) is 2.30. The van der Waals surface area contributed by atoms with Crippen molar-refractivity contribution in [1.29, 1.82) is 0 Å². The molecule has 19 heavy (non-hydrogen) atoms. The van der Waals surface area contributed by atoms with Crippen molar-refractivity contribution in [2.24, 2.45) is 5.92 Å². The molecule has 6 heteroatoms. The summed E-state index contributed by atoms with van der Waals surface area (Å²) in [5, 5.41) is 0. The first-order valence-electron chi connectivity index (χ1n) is 5.98. The monoisotopic (exact) mass is 335 g/mol. The van der Waals surface area contributed by atoms with E-state index < -0.39 is 12.1 Å². The lowest BCUT2D eigenvalue weighted by molar-refractivity contribution is -0.179. The molecule has 0 unspecified atom stereocenters. The third-order valence-corrected chi connectivity index (χ3v) is 4.04. The van der Waals surface area contributed by atoms with Gasteiger partial charge in [0, 0.05) is 23.1 Å². The van der Waals surface area contributed by atoms with Gasteiger partial charge in [-0.1, -0.05) is 0 Å². The Hall–Kier alpha value is -1.04. The number of aldehydes is 1. The Balaban J connectivity index is 2.08. The van der Waals surface area contributed by atoms with Crippen LogP contribution in [0.15, 0.2) is 22.7 Å². The number of hydrogen-bond acceptors (Lipinski definition) is 2. The lowest BCUT2D eigenvalue weighted by atomic mass is 9.96. The Labute approximate surface area is 117 Å². The van der Waals surface area contributed by atoms with E-state index in [4.69, 9.17) is 0 Å². The number of alkyl halides is 3. The van der Waals surface area contributed by atoms with E-state index in [-0.39, 0.29) is 12.8 Å². The van der Waals surface area contributed by atoms with Crippen LogP contribution in [0.25, 0.3) is 0 Å². The van der Waals surface area contributed by atoms with Crippen LogP contribution in [0.4, 0.5) is 18.9 Å². The fraction of sp³-hybridized carbons (Fsp3) is 0.462. The van der Waals surface area contributed by atoms with Crippen LogP contribution in [0, 0.1) is 5.92 Å². The van der Waals surface area contributed by atoms with Gasteiger partial charge < -0.3 is 4.90 Å². The van der Waals surface area contributed by atoms with Gasteiger partial charge in [0.2, 0.25) is 0 Å². The normalized spacial score (nSPS) is 17.6. The van der Waals surface area contributed by atoms with E-state index in [1.165, 1.54) is 0 Å². The van der Waals surface area contributed by atoms with Gasteiger partial charge in [-0.3, -0.25) is 4.79 Å². The Kier molecular flexibility index (Phi) is 4.18. The van der Waals surface area contributed by atoms with Gasteiger partial charge in [0.1, 0.15) is 6.29 Å². The van der Waals surface area contributed by atoms with Crippen LogP contribution in [-0.2, 0) is 0 Å². The summed E-state index contributed by atoms with van der Waals surface area (Å²) in [6.45, 7) is 0.756. The lowest BCUT2D eigenvalue weighted by Gasteiger charge is -2.35. The Morgan fingerprint density at radius 2 is 1.89 bits per heavy atom. The summed E-state index contributed by atoms with van der Waals surface area (Å²) in [4.78, 5) is 12.6. The van der Waals surface area contributed by atoms with Gasteiger partial charge in [0.25, 0.3) is 0 Å². The van der Waals surface area contributed by atoms with Gasteiger partial charge in [-0.2, -0.15) is 13.2 Å². The lowest BCUT2D eigenvalue weighted by Crippen LogP contribution is -2.39. The molecule has 1 aromatic rings. The van der Waals surface area contributed by atoms with E-state index >= 15 is 0 Å². The van der Waals surface area contributed by atoms with Crippen LogP contribution < -0.4 is 4.90 Å². The van der Waals surface area contributed by atoms with E-state index in [0.29, 0.717) is 18.7 Å². The highest BCUT2D eigenvalue weighted by Gasteiger charge is 2.41. The molecule has 0 N–H and O–H groups in total. The summed E-state index contributed by atoms with van der Waals surface area (Å²) in [6.07, 6.45) is -3.12. The Bertz CT molecular complexity index is 467. The molecule has 0 saturated carbocycles. The van der Waals surface area contributed by atoms with E-state index in [1.807, 2.05) is 4.90 Å². The van der Waals surface area contributed by atoms with Crippen molar-refractivity contribution < 1.29 is 18.0 Å². The molecule has 0 aliphatic carbocycles. The summed E-state index contributed by atoms with van der Waals surface area (Å²) in [7, 11) is 0. The highest BCUT2D eigenvalue weighted by atomic mass is 79.9. The quantitative estimate of drug-likeness (QED) is 0.760. The molecule has 1 saturated heterocycles. The molecule has 1 aliphatic heterocycles. The number of piperidine rings is 1. The summed E-state index contributed by atoms with van der Waals surface area (Å²) >= 11 is 3.36. The number of hydrogen-bond donors (Lipinski definition) is 0. The molecule has 0 aromatic heterocycles. The minimum atomic E-state index is -4.09. The molecule has 1 fully saturated rings. The minimum absolute atomic E-state index is 0.116. The zero-order valence-corrected chi connectivity index (χ0v) is 11.7. The molecule has 0 spiro atoms. The predicted octanol–water partition coefficient (Wildman–Crippen LogP) is 4.04. The average Bonchev–Trinajstić information content (AvgIpc) is 2.37. The van der Waals surface area contributed by atoms with Gasteiger partial charge in [0.05, 0.1) is 11.6 Å². The third-order valence-electron chi connectivity index (χ3n) is 3.41. The zero-order valence-electron chi connectivity index (χ0n) is 10.1. The van der Waals surface area contributed by atoms with Crippen molar-refractivity contribution in [1.82, 2.24) is 0 Å². The molecule has 1 aliphatic rings. The van der Waals surface area contributed by atoms with Crippen LogP contribution in [0.3, 0.4) is 0 Å². The van der Waals surface area contributed by atoms with Crippen LogP contribution >= 0.6 is 15.9 Å². The third kappa shape index (κ3) is 3.29. The first-order chi connectivity index (χ1) is 8.91. The van der Waals surface area contributed by atoms with Crippen molar-refractivity contribution >= 4 is 27.9 Å². The fourth-order valence-corrected chi connectivity index (χ4v) is 2.95. The second-order valence-electron chi connectivity index (χ2n) is 4.63. The van der Waals surface area contributed by atoms with Gasteiger partial charge in [-0.25, -0.2) is 0 Å². The second kappa shape index (κ2) is 5.53. The molecule has 0 bridgehead atoms. The van der Waals surface area contributed by atoms with Gasteiger partial charge in [0.15, 0.2) is 0 Å². The molecule has 0 radical (unpaired) electrons. The van der Waals surface area contributed by atoms with Crippen LogP contribution in [-0.4, -0.2) is 25.6 Å². The van der Waals surface area contributed by atoms with Crippen molar-refractivity contribution in [3.8, 4) is 0 Å². The molecule has 104 valence electrons. The van der Waals surface area contributed by atoms with Gasteiger partial charge in [-0.15, -0.1) is 0 Å². The number of nitrogens with zero attached hydrogens (tertiary/aromatic N) is 1. The number of anilines is 1. The summed E-state index contributed by atoms with van der Waals surface area (Å²) in [5.41, 5.74) is 1.38. The number of carbonyl (C=O) groups is 1. The smallest absolute Gasteiger partial charge is 0.371 e. The molecular weight excluding hydrogens is 323 g/mol. The maximum atomic E-state index is 12.6. The number of carbonyl (C=O) groups excluding carboxylic acids is 1. The number of rotatable bonds is 2. The molecule has 0 amide bonds. The largest absolute Gasteiger partial charge is 0.391 e. The Morgan fingerprint density at radius 3 is 2.37 bits per heavy atom. The average molecular weight is 336 g/mol. The second-order valence-corrected chi connectivity index (χ2v) is 5.49. The summed E-state index contributed by atoms with van der Waals surface area (Å²) < 4.78 is 38.5. The predicted molar refractivity (Wildman–Crippen MR) is 70.5 cm³/mol. The first kappa shape index (κ1) is 14.4. The topological polar surface area (TPSA) is 20.3 Å². The molecule has 2 rings (SSSR count). The van der Waals surface area contributed by atoms with Gasteiger partial charge >= 0.3 is 6.18 Å². The SMILES string of the molecule is O=Cc1ccc(N2CCC(C(F)(F)F)CC2)c(Br)c1.